The lowest BCUT2D eigenvalue weighted by atomic mass is 10.1. The zero-order chi connectivity index (χ0) is 22.2. The smallest absolute Gasteiger partial charge is 0.269 e. The zero-order valence-corrected chi connectivity index (χ0v) is 18.5. The number of anilines is 1. The van der Waals surface area contributed by atoms with Gasteiger partial charge >= 0.3 is 0 Å². The fourth-order valence-corrected chi connectivity index (χ4v) is 4.56. The monoisotopic (exact) mass is 432 g/mol. The first-order chi connectivity index (χ1) is 15.5. The first kappa shape index (κ1) is 20.6. The molecule has 32 heavy (non-hydrogen) atoms. The van der Waals surface area contributed by atoms with Crippen LogP contribution in [0, 0.1) is 0 Å². The van der Waals surface area contributed by atoms with Crippen LogP contribution < -0.4 is 15.8 Å². The Morgan fingerprint density at radius 3 is 2.72 bits per heavy atom. The van der Waals surface area contributed by atoms with Gasteiger partial charge in [0, 0.05) is 51.0 Å². The molecule has 1 saturated heterocycles. The molecule has 0 spiro atoms. The second-order valence-corrected chi connectivity index (χ2v) is 8.86. The van der Waals surface area contributed by atoms with Crippen LogP contribution in [-0.2, 0) is 6.54 Å². The number of H-pyrrole nitrogens is 1. The van der Waals surface area contributed by atoms with E-state index in [-0.39, 0.29) is 11.5 Å². The number of aromatic amines is 1. The number of pyridine rings is 3. The lowest BCUT2D eigenvalue weighted by Crippen LogP contribution is -2.51. The Morgan fingerprint density at radius 2 is 2.03 bits per heavy atom. The molecule has 5 rings (SSSR count). The van der Waals surface area contributed by atoms with Crippen LogP contribution in [0.2, 0.25) is 0 Å². The van der Waals surface area contributed by atoms with E-state index in [4.69, 9.17) is 0 Å². The number of rotatable bonds is 5. The number of aromatic nitrogens is 3. The number of hydrogen-bond acceptors (Lipinski definition) is 6. The highest BCUT2D eigenvalue weighted by Crippen LogP contribution is 2.38. The molecule has 8 nitrogen and oxygen atoms in total. The Labute approximate surface area is 186 Å². The summed E-state index contributed by atoms with van der Waals surface area (Å²) in [6.45, 7) is 5.70. The van der Waals surface area contributed by atoms with Crippen LogP contribution in [0.25, 0.3) is 11.0 Å². The van der Waals surface area contributed by atoms with Crippen molar-refractivity contribution in [1.82, 2.24) is 25.2 Å². The minimum atomic E-state index is -0.177. The molecule has 166 valence electrons. The fraction of sp³-hybridized carbons (Fsp3) is 0.417. The summed E-state index contributed by atoms with van der Waals surface area (Å²) in [6, 6.07) is 8.05. The highest BCUT2D eigenvalue weighted by molar-refractivity contribution is 5.92. The van der Waals surface area contributed by atoms with Crippen molar-refractivity contribution >= 4 is 22.6 Å². The molecule has 1 unspecified atom stereocenters. The number of amides is 1. The molecule has 2 N–H and O–H groups in total. The van der Waals surface area contributed by atoms with Crippen LogP contribution in [0.1, 0.15) is 47.3 Å². The molecule has 0 radical (unpaired) electrons. The number of fused-ring (bicyclic) bond motifs is 1. The average Bonchev–Trinajstić information content (AvgIpc) is 3.64. The van der Waals surface area contributed by atoms with Gasteiger partial charge < -0.3 is 15.2 Å². The normalized spacial score (nSPS) is 19.3. The molecule has 0 aromatic carbocycles. The quantitative estimate of drug-likeness (QED) is 0.642. The van der Waals surface area contributed by atoms with Crippen molar-refractivity contribution < 1.29 is 4.79 Å². The number of nitrogens with one attached hydrogen (secondary N) is 2. The van der Waals surface area contributed by atoms with E-state index in [2.05, 4.69) is 43.1 Å². The van der Waals surface area contributed by atoms with Gasteiger partial charge in [0.05, 0.1) is 22.9 Å². The molecule has 4 heterocycles. The van der Waals surface area contributed by atoms with Crippen LogP contribution in [0.3, 0.4) is 0 Å². The van der Waals surface area contributed by atoms with Crippen LogP contribution in [0.5, 0.6) is 0 Å². The third-order valence-electron chi connectivity index (χ3n) is 6.45. The van der Waals surface area contributed by atoms with Crippen LogP contribution >= 0.6 is 0 Å². The predicted octanol–water partition coefficient (Wildman–Crippen LogP) is 2.27. The number of hydrogen-bond donors (Lipinski definition) is 2. The summed E-state index contributed by atoms with van der Waals surface area (Å²) in [4.78, 5) is 40.8. The third-order valence-corrected chi connectivity index (χ3v) is 6.45. The minimum absolute atomic E-state index is 0.0252. The second kappa shape index (κ2) is 8.35. The maximum Gasteiger partial charge on any atom is 0.269 e. The van der Waals surface area contributed by atoms with Gasteiger partial charge in [-0.05, 0) is 55.5 Å². The molecule has 8 heteroatoms. The summed E-state index contributed by atoms with van der Waals surface area (Å²) in [5.41, 5.74) is 5.13. The molecule has 0 bridgehead atoms. The average molecular weight is 433 g/mol. The maximum absolute atomic E-state index is 12.4. The van der Waals surface area contributed by atoms with Gasteiger partial charge in [-0.1, -0.05) is 0 Å². The zero-order valence-electron chi connectivity index (χ0n) is 18.5. The second-order valence-electron chi connectivity index (χ2n) is 8.86. The van der Waals surface area contributed by atoms with Crippen molar-refractivity contribution in [3.05, 3.63) is 63.8 Å². The Balaban J connectivity index is 1.25. The first-order valence-electron chi connectivity index (χ1n) is 11.2. The molecular formula is C24H28N6O2. The molecule has 2 fully saturated rings. The number of carbonyl (C=O) groups is 1. The van der Waals surface area contributed by atoms with Crippen molar-refractivity contribution in [2.45, 2.75) is 38.3 Å². The molecule has 1 saturated carbocycles. The number of carbonyl (C=O) groups excluding carboxylic acids is 1. The fourth-order valence-electron chi connectivity index (χ4n) is 4.56. The van der Waals surface area contributed by atoms with Crippen molar-refractivity contribution in [1.29, 1.82) is 0 Å². The van der Waals surface area contributed by atoms with Gasteiger partial charge in [-0.25, -0.2) is 4.98 Å². The summed E-state index contributed by atoms with van der Waals surface area (Å²) in [5.74, 6) is 0.237. The van der Waals surface area contributed by atoms with E-state index in [0.717, 1.165) is 66.9 Å². The van der Waals surface area contributed by atoms with Crippen LogP contribution in [-0.4, -0.2) is 58.5 Å². The Kier molecular flexibility index (Phi) is 5.38. The summed E-state index contributed by atoms with van der Waals surface area (Å²) in [5, 5.41) is 2.60. The highest BCUT2D eigenvalue weighted by Gasteiger charge is 2.27. The molecule has 3 aromatic heterocycles. The summed E-state index contributed by atoms with van der Waals surface area (Å²) < 4.78 is 0. The Hall–Kier alpha value is -3.26. The highest BCUT2D eigenvalue weighted by atomic mass is 16.1. The van der Waals surface area contributed by atoms with Crippen molar-refractivity contribution in [3.8, 4) is 0 Å². The maximum atomic E-state index is 12.4. The van der Waals surface area contributed by atoms with E-state index in [1.807, 2.05) is 18.3 Å². The van der Waals surface area contributed by atoms with E-state index < -0.39 is 0 Å². The van der Waals surface area contributed by atoms with Gasteiger partial charge in [0.2, 0.25) is 0 Å². The van der Waals surface area contributed by atoms with E-state index in [0.29, 0.717) is 17.7 Å². The minimum Gasteiger partial charge on any atom is -0.365 e. The summed E-state index contributed by atoms with van der Waals surface area (Å²) in [7, 11) is 1.60. The van der Waals surface area contributed by atoms with E-state index in [9.17, 15) is 9.59 Å². The molecular weight excluding hydrogens is 404 g/mol. The summed E-state index contributed by atoms with van der Waals surface area (Å²) in [6.07, 6.45) is 5.90. The first-order valence-corrected chi connectivity index (χ1v) is 11.2. The Bertz CT molecular complexity index is 1200. The van der Waals surface area contributed by atoms with Crippen molar-refractivity contribution in [2.75, 3.05) is 31.6 Å². The van der Waals surface area contributed by atoms with Crippen molar-refractivity contribution in [3.63, 3.8) is 0 Å². The van der Waals surface area contributed by atoms with Gasteiger partial charge in [-0.2, -0.15) is 0 Å². The van der Waals surface area contributed by atoms with Gasteiger partial charge in [0.1, 0.15) is 5.69 Å². The van der Waals surface area contributed by atoms with E-state index in [1.54, 1.807) is 19.3 Å². The lowest BCUT2D eigenvalue weighted by Gasteiger charge is -2.41. The van der Waals surface area contributed by atoms with Crippen LogP contribution in [0.4, 0.5) is 5.69 Å². The largest absolute Gasteiger partial charge is 0.365 e. The molecule has 2 aliphatic rings. The number of nitrogens with zero attached hydrogens (tertiary/aromatic N) is 4. The predicted molar refractivity (Wildman–Crippen MR) is 124 cm³/mol. The number of piperazine rings is 1. The van der Waals surface area contributed by atoms with Gasteiger partial charge in [-0.3, -0.25) is 19.5 Å². The molecule has 1 aliphatic heterocycles. The topological polar surface area (TPSA) is 94.2 Å². The van der Waals surface area contributed by atoms with E-state index in [1.165, 1.54) is 0 Å². The SMILES string of the molecule is CNC(=O)c1ccc(N2CCN(Cc3cnc4cc(C5CC5)c(=O)[nH]c4c3)CC2C)cn1. The molecule has 1 aliphatic carbocycles. The standard InChI is InChI=1S/C24H28N6O2/c1-15-13-29(7-8-30(15)18-5-6-20(27-12-18)24(32)25-2)14-16-9-22-21(26-11-16)10-19(17-3-4-17)23(31)28-22/h5-6,9-12,15,17H,3-4,7-8,13-14H2,1-2H3,(H,25,32)(H,28,31). The third kappa shape index (κ3) is 4.10. The molecule has 3 aromatic rings. The molecule has 1 atom stereocenters. The summed E-state index contributed by atoms with van der Waals surface area (Å²) >= 11 is 0. The van der Waals surface area contributed by atoms with Crippen LogP contribution in [0.15, 0.2) is 41.5 Å². The van der Waals surface area contributed by atoms with Gasteiger partial charge in [0.25, 0.3) is 11.5 Å². The van der Waals surface area contributed by atoms with Gasteiger partial charge in [0.15, 0.2) is 0 Å². The lowest BCUT2D eigenvalue weighted by molar-refractivity contribution is 0.0958. The van der Waals surface area contributed by atoms with Crippen molar-refractivity contribution in [2.24, 2.45) is 0 Å². The van der Waals surface area contributed by atoms with Gasteiger partial charge in [-0.15, -0.1) is 0 Å². The Morgan fingerprint density at radius 1 is 1.19 bits per heavy atom. The van der Waals surface area contributed by atoms with E-state index >= 15 is 0 Å². The molecule has 1 amide bonds.